The van der Waals surface area contributed by atoms with Crippen LogP contribution in [0.1, 0.15) is 50.7 Å². The second-order valence-corrected chi connectivity index (χ2v) is 15.4. The van der Waals surface area contributed by atoms with Gasteiger partial charge in [-0.2, -0.15) is 5.01 Å². The Kier molecular flexibility index (Phi) is 8.92. The minimum atomic E-state index is -1.47. The first kappa shape index (κ1) is 35.0. The highest BCUT2D eigenvalue weighted by Gasteiger charge is 2.70. The summed E-state index contributed by atoms with van der Waals surface area (Å²) in [4.78, 5) is 59.7. The van der Waals surface area contributed by atoms with Gasteiger partial charge >= 0.3 is 0 Å². The van der Waals surface area contributed by atoms with E-state index in [2.05, 4.69) is 5.43 Å². The van der Waals surface area contributed by atoms with Gasteiger partial charge in [-0.15, -0.1) is 0 Å². The van der Waals surface area contributed by atoms with Crippen molar-refractivity contribution < 1.29 is 33.8 Å². The molecule has 2 aliphatic carbocycles. The third-order valence-corrected chi connectivity index (χ3v) is 11.4. The minimum Gasteiger partial charge on any atom is -0.497 e. The molecule has 2 saturated heterocycles. The smallest absolute Gasteiger partial charge is 0.260 e. The SMILES string of the molecule is COc1ccc(C23C(=O)N(Nc4ccc(Cl)cc4Cl)C(=O)C2CC2C(=CCC4C(=O)N(C(C)(C)C)C(=O)C42)C3c2ccc(OCCO)cc2)cc1. The van der Waals surface area contributed by atoms with E-state index in [1.807, 2.05) is 51.1 Å². The van der Waals surface area contributed by atoms with Crippen LogP contribution in [0.5, 0.6) is 11.5 Å². The van der Waals surface area contributed by atoms with Gasteiger partial charge in [-0.1, -0.05) is 59.1 Å². The summed E-state index contributed by atoms with van der Waals surface area (Å²) < 4.78 is 11.1. The van der Waals surface area contributed by atoms with Crippen molar-refractivity contribution in [3.8, 4) is 11.5 Å². The average molecular weight is 733 g/mol. The fourth-order valence-corrected chi connectivity index (χ4v) is 9.25. The molecule has 2 aliphatic heterocycles. The molecular formula is C39H39Cl2N3O7. The van der Waals surface area contributed by atoms with E-state index in [0.717, 1.165) is 16.1 Å². The molecule has 12 heteroatoms. The summed E-state index contributed by atoms with van der Waals surface area (Å²) in [6, 6.07) is 19.2. The Morgan fingerprint density at radius 2 is 1.59 bits per heavy atom. The molecule has 2 N–H and O–H groups in total. The van der Waals surface area contributed by atoms with E-state index in [9.17, 15) is 19.5 Å². The summed E-state index contributed by atoms with van der Waals surface area (Å²) in [5.41, 5.74) is 3.33. The first-order chi connectivity index (χ1) is 24.3. The van der Waals surface area contributed by atoms with Crippen LogP contribution in [0.3, 0.4) is 0 Å². The van der Waals surface area contributed by atoms with Gasteiger partial charge in [0.15, 0.2) is 0 Å². The number of carbonyl (C=O) groups excluding carboxylic acids is 4. The number of hydrogen-bond donors (Lipinski definition) is 2. The molecule has 51 heavy (non-hydrogen) atoms. The number of carbonyl (C=O) groups is 4. The molecule has 3 aromatic rings. The number of benzene rings is 3. The summed E-state index contributed by atoms with van der Waals surface area (Å²) in [6.07, 6.45) is 2.52. The second-order valence-electron chi connectivity index (χ2n) is 14.5. The molecule has 3 fully saturated rings. The van der Waals surface area contributed by atoms with Crippen molar-refractivity contribution in [2.45, 2.75) is 50.5 Å². The lowest BCUT2D eigenvalue weighted by Gasteiger charge is -2.50. The van der Waals surface area contributed by atoms with E-state index < -0.39 is 52.4 Å². The maximum atomic E-state index is 15.3. The number of hydrogen-bond acceptors (Lipinski definition) is 8. The number of rotatable bonds is 8. The third kappa shape index (κ3) is 5.50. The fraction of sp³-hybridized carbons (Fsp3) is 0.385. The summed E-state index contributed by atoms with van der Waals surface area (Å²) in [5, 5.41) is 11.0. The lowest BCUT2D eigenvalue weighted by molar-refractivity contribution is -0.146. The number of allylic oxidation sites excluding steroid dienone is 2. The van der Waals surface area contributed by atoms with Crippen molar-refractivity contribution in [1.29, 1.82) is 0 Å². The summed E-state index contributed by atoms with van der Waals surface area (Å²) in [5.74, 6) is -3.69. The van der Waals surface area contributed by atoms with Gasteiger partial charge < -0.3 is 14.6 Å². The molecule has 2 heterocycles. The maximum absolute atomic E-state index is 15.3. The van der Waals surface area contributed by atoms with Crippen LogP contribution in [0.2, 0.25) is 10.0 Å². The number of nitrogens with zero attached hydrogens (tertiary/aromatic N) is 2. The van der Waals surface area contributed by atoms with E-state index in [0.29, 0.717) is 34.2 Å². The predicted octanol–water partition coefficient (Wildman–Crippen LogP) is 6.16. The van der Waals surface area contributed by atoms with Crippen LogP contribution >= 0.6 is 23.2 Å². The number of nitrogens with one attached hydrogen (secondary N) is 1. The van der Waals surface area contributed by atoms with E-state index in [-0.39, 0.29) is 36.5 Å². The maximum Gasteiger partial charge on any atom is 0.260 e. The van der Waals surface area contributed by atoms with Gasteiger partial charge in [0.25, 0.3) is 11.8 Å². The molecule has 0 bridgehead atoms. The van der Waals surface area contributed by atoms with E-state index in [1.54, 1.807) is 43.5 Å². The van der Waals surface area contributed by atoms with Crippen LogP contribution in [-0.2, 0) is 24.6 Å². The number of imide groups is 2. The molecule has 4 aliphatic rings. The van der Waals surface area contributed by atoms with E-state index in [1.165, 1.54) is 11.0 Å². The number of amides is 4. The number of likely N-dealkylation sites (tertiary alicyclic amines) is 1. The Bertz CT molecular complexity index is 1940. The van der Waals surface area contributed by atoms with Gasteiger partial charge in [0.2, 0.25) is 11.8 Å². The standard InChI is InChI=1S/C39H39Cl2N3O7/c1-38(2,3)43-34(46)27-15-14-26-28(32(27)36(43)48)20-29-35(47)44(42-31-16-9-23(40)19-30(31)41)37(49)39(29,22-7-12-24(50-4)13-8-22)33(26)21-5-10-25(11-6-21)51-18-17-45/h5-14,16,19,27-29,32-33,42,45H,15,17-18,20H2,1-4H3. The number of hydrazine groups is 1. The number of aliphatic hydroxyl groups excluding tert-OH is 1. The highest BCUT2D eigenvalue weighted by atomic mass is 35.5. The number of aliphatic hydroxyl groups is 1. The summed E-state index contributed by atoms with van der Waals surface area (Å²) in [6.45, 7) is 5.49. The number of ether oxygens (including phenoxy) is 2. The Morgan fingerprint density at radius 3 is 2.22 bits per heavy atom. The zero-order chi connectivity index (χ0) is 36.4. The van der Waals surface area contributed by atoms with E-state index >= 15 is 4.79 Å². The molecule has 266 valence electrons. The third-order valence-electron chi connectivity index (χ3n) is 10.8. The Balaban J connectivity index is 1.44. The molecule has 7 rings (SSSR count). The molecule has 0 aromatic heterocycles. The molecule has 6 unspecified atom stereocenters. The lowest BCUT2D eigenvalue weighted by atomic mass is 9.49. The molecule has 3 aromatic carbocycles. The van der Waals surface area contributed by atoms with Crippen LogP contribution in [-0.4, -0.2) is 64.5 Å². The van der Waals surface area contributed by atoms with Crippen LogP contribution in [0.15, 0.2) is 78.4 Å². The molecular weight excluding hydrogens is 693 g/mol. The van der Waals surface area contributed by atoms with E-state index in [4.69, 9.17) is 32.7 Å². The first-order valence-electron chi connectivity index (χ1n) is 17.0. The van der Waals surface area contributed by atoms with Gasteiger partial charge in [-0.3, -0.25) is 29.5 Å². The van der Waals surface area contributed by atoms with Crippen molar-refractivity contribution in [3.63, 3.8) is 0 Å². The van der Waals surface area contributed by atoms with Gasteiger partial charge in [-0.25, -0.2) is 0 Å². The zero-order valence-corrected chi connectivity index (χ0v) is 30.2. The quantitative estimate of drug-likeness (QED) is 0.209. The number of halogens is 2. The topological polar surface area (TPSA) is 125 Å². The lowest BCUT2D eigenvalue weighted by Crippen LogP contribution is -2.53. The second kappa shape index (κ2) is 13.0. The van der Waals surface area contributed by atoms with Crippen molar-refractivity contribution in [1.82, 2.24) is 9.91 Å². The molecule has 6 atom stereocenters. The molecule has 4 amide bonds. The van der Waals surface area contributed by atoms with Gasteiger partial charge in [-0.05, 0) is 93.1 Å². The van der Waals surface area contributed by atoms with Crippen molar-refractivity contribution in [3.05, 3.63) is 99.6 Å². The normalized spacial score (nSPS) is 27.2. The van der Waals surface area contributed by atoms with Gasteiger partial charge in [0.05, 0.1) is 47.6 Å². The Labute approximate surface area is 306 Å². The number of anilines is 1. The molecule has 1 saturated carbocycles. The van der Waals surface area contributed by atoms with Crippen molar-refractivity contribution in [2.24, 2.45) is 23.7 Å². The van der Waals surface area contributed by atoms with Crippen LogP contribution in [0.4, 0.5) is 5.69 Å². The Hall–Kier alpha value is -4.38. The summed E-state index contributed by atoms with van der Waals surface area (Å²) >= 11 is 12.7. The minimum absolute atomic E-state index is 0.109. The van der Waals surface area contributed by atoms with Gasteiger partial charge in [0, 0.05) is 16.5 Å². The monoisotopic (exact) mass is 731 g/mol. The largest absolute Gasteiger partial charge is 0.497 e. The van der Waals surface area contributed by atoms with Crippen molar-refractivity contribution in [2.75, 3.05) is 25.7 Å². The zero-order valence-electron chi connectivity index (χ0n) is 28.7. The fourth-order valence-electron chi connectivity index (χ4n) is 8.80. The molecule has 10 nitrogen and oxygen atoms in total. The van der Waals surface area contributed by atoms with Gasteiger partial charge in [0.1, 0.15) is 18.1 Å². The number of fused-ring (bicyclic) bond motifs is 4. The van der Waals surface area contributed by atoms with Crippen LogP contribution in [0.25, 0.3) is 0 Å². The van der Waals surface area contributed by atoms with Crippen LogP contribution in [0, 0.1) is 23.7 Å². The Morgan fingerprint density at radius 1 is 0.902 bits per heavy atom. The number of methoxy groups -OCH3 is 1. The molecule has 0 spiro atoms. The van der Waals surface area contributed by atoms with Crippen LogP contribution < -0.4 is 14.9 Å². The first-order valence-corrected chi connectivity index (χ1v) is 17.7. The molecule has 0 radical (unpaired) electrons. The van der Waals surface area contributed by atoms with Crippen molar-refractivity contribution >= 4 is 52.5 Å². The highest BCUT2D eigenvalue weighted by molar-refractivity contribution is 6.36. The highest BCUT2D eigenvalue weighted by Crippen LogP contribution is 2.64. The summed E-state index contributed by atoms with van der Waals surface area (Å²) in [7, 11) is 1.56. The predicted molar refractivity (Wildman–Crippen MR) is 191 cm³/mol. The average Bonchev–Trinajstić information content (AvgIpc) is 3.49.